The van der Waals surface area contributed by atoms with E-state index in [1.165, 1.54) is 0 Å². The highest BCUT2D eigenvalue weighted by Gasteiger charge is 2.37. The minimum absolute atomic E-state index is 0.00931. The number of carbonyl (C=O) groups excluding carboxylic acids is 5. The smallest absolute Gasteiger partial charge is 0.410 e. The molecule has 0 saturated carbocycles. The lowest BCUT2D eigenvalue weighted by atomic mass is 9.78. The maximum atomic E-state index is 14.2. The Morgan fingerprint density at radius 1 is 0.870 bits per heavy atom. The van der Waals surface area contributed by atoms with Crippen LogP contribution in [0.5, 0.6) is 5.75 Å². The highest BCUT2D eigenvalue weighted by molar-refractivity contribution is 5.91. The van der Waals surface area contributed by atoms with Crippen molar-refractivity contribution < 1.29 is 38.2 Å². The average Bonchev–Trinajstić information content (AvgIpc) is 3.34. The molecule has 4 aliphatic rings. The minimum atomic E-state index is -1.02. The molecule has 3 fully saturated rings. The lowest BCUT2D eigenvalue weighted by molar-refractivity contribution is -0.144. The molecule has 0 spiro atoms. The lowest BCUT2D eigenvalue weighted by Gasteiger charge is -2.41. The van der Waals surface area contributed by atoms with E-state index >= 15 is 0 Å². The van der Waals surface area contributed by atoms with Gasteiger partial charge in [-0.3, -0.25) is 19.3 Å². The van der Waals surface area contributed by atoms with Gasteiger partial charge in [0.2, 0.25) is 0 Å². The van der Waals surface area contributed by atoms with Gasteiger partial charge in [0.05, 0.1) is 13.2 Å². The number of benzene rings is 2. The fraction of sp³-hybridized carbons (Fsp3) is 0.585. The molecule has 292 valence electrons. The predicted octanol–water partition coefficient (Wildman–Crippen LogP) is 4.95. The van der Waals surface area contributed by atoms with Crippen molar-refractivity contribution in [2.75, 3.05) is 64.3 Å². The topological polar surface area (TPSA) is 138 Å². The summed E-state index contributed by atoms with van der Waals surface area (Å²) in [6.45, 7) is 11.0. The number of aryl methyl sites for hydroxylation is 2. The van der Waals surface area contributed by atoms with Gasteiger partial charge in [-0.25, -0.2) is 9.59 Å². The van der Waals surface area contributed by atoms with E-state index < -0.39 is 12.2 Å². The summed E-state index contributed by atoms with van der Waals surface area (Å²) in [5, 5.41) is 3.05. The van der Waals surface area contributed by atoms with Crippen LogP contribution in [0.4, 0.5) is 15.3 Å². The standard InChI is InChI=1S/C41H55N5O8/c1-4-52-37(48)26-43-16-9-31(10-17-43)32-11-18-44(19-12-32)39(49)36(25-30-23-28(2)38(53-27-47)29(3)24-30)54-41(51)45-20-14-34(15-21-45)46-22-13-33-7-5-6-8-35(33)42-40(46)50/h5-8,23-24,27,31-32,34,36H,4,9-22,25-26H2,1-3H3,(H,42,50)/t36-/m1/s1. The number of hydrogen-bond donors (Lipinski definition) is 1. The predicted molar refractivity (Wildman–Crippen MR) is 202 cm³/mol. The van der Waals surface area contributed by atoms with E-state index in [0.717, 1.165) is 73.1 Å². The first-order chi connectivity index (χ1) is 26.1. The van der Waals surface area contributed by atoms with Crippen LogP contribution in [0.2, 0.25) is 0 Å². The number of para-hydroxylation sites is 1. The van der Waals surface area contributed by atoms with Crippen molar-refractivity contribution in [1.82, 2.24) is 19.6 Å². The van der Waals surface area contributed by atoms with Crippen molar-refractivity contribution in [3.8, 4) is 5.75 Å². The molecule has 0 radical (unpaired) electrons. The van der Waals surface area contributed by atoms with Crippen LogP contribution in [0, 0.1) is 25.7 Å². The zero-order valence-corrected chi connectivity index (χ0v) is 31.9. The molecule has 1 N–H and O–H groups in total. The normalized spacial score (nSPS) is 19.7. The van der Waals surface area contributed by atoms with Crippen molar-refractivity contribution in [1.29, 1.82) is 0 Å². The maximum absolute atomic E-state index is 14.2. The number of nitrogens with zero attached hydrogens (tertiary/aromatic N) is 4. The second-order valence-corrected chi connectivity index (χ2v) is 15.2. The molecule has 54 heavy (non-hydrogen) atoms. The highest BCUT2D eigenvalue weighted by atomic mass is 16.6. The van der Waals surface area contributed by atoms with Gasteiger partial charge in [-0.05, 0) is 119 Å². The summed E-state index contributed by atoms with van der Waals surface area (Å²) in [7, 11) is 0. The first-order valence-corrected chi connectivity index (χ1v) is 19.6. The lowest BCUT2D eigenvalue weighted by Crippen LogP contribution is -2.52. The molecule has 0 aliphatic carbocycles. The number of hydrogen-bond acceptors (Lipinski definition) is 9. The van der Waals surface area contributed by atoms with E-state index in [2.05, 4.69) is 10.2 Å². The van der Waals surface area contributed by atoms with Crippen LogP contribution in [0.1, 0.15) is 67.7 Å². The number of ether oxygens (including phenoxy) is 3. The SMILES string of the molecule is CCOC(=O)CN1CCC(C2CCN(C(=O)[C@@H](Cc3cc(C)c(OC=O)c(C)c3)OC(=O)N3CCC(N4CCc5ccccc5NC4=O)CC3)CC2)CC1. The number of fused-ring (bicyclic) bond motifs is 1. The average molecular weight is 746 g/mol. The zero-order valence-electron chi connectivity index (χ0n) is 31.9. The van der Waals surface area contributed by atoms with Crippen molar-refractivity contribution in [3.63, 3.8) is 0 Å². The molecule has 1 atom stereocenters. The van der Waals surface area contributed by atoms with Crippen molar-refractivity contribution >= 4 is 36.2 Å². The molecule has 0 bridgehead atoms. The van der Waals surface area contributed by atoms with Crippen LogP contribution in [-0.2, 0) is 36.7 Å². The van der Waals surface area contributed by atoms with Crippen LogP contribution < -0.4 is 10.1 Å². The Bertz CT molecular complexity index is 1640. The van der Waals surface area contributed by atoms with Gasteiger partial charge in [0, 0.05) is 50.9 Å². The van der Waals surface area contributed by atoms with Crippen molar-refractivity contribution in [2.45, 2.75) is 84.3 Å². The number of piperidine rings is 3. The molecule has 4 heterocycles. The van der Waals surface area contributed by atoms with Gasteiger partial charge >= 0.3 is 18.1 Å². The number of amides is 4. The molecule has 6 rings (SSSR count). The second-order valence-electron chi connectivity index (χ2n) is 15.2. The van der Waals surface area contributed by atoms with E-state index in [4.69, 9.17) is 14.2 Å². The molecule has 3 saturated heterocycles. The quantitative estimate of drug-likeness (QED) is 0.250. The molecule has 0 unspecified atom stereocenters. The van der Waals surface area contributed by atoms with Crippen molar-refractivity contribution in [3.05, 3.63) is 58.7 Å². The van der Waals surface area contributed by atoms with Gasteiger partial charge in [0.1, 0.15) is 5.75 Å². The van der Waals surface area contributed by atoms with Crippen LogP contribution >= 0.6 is 0 Å². The summed E-state index contributed by atoms with van der Waals surface area (Å²) in [5.74, 6) is 1.15. The van der Waals surface area contributed by atoms with E-state index in [0.29, 0.717) is 82.8 Å². The van der Waals surface area contributed by atoms with Gasteiger partial charge in [0.25, 0.3) is 12.4 Å². The first-order valence-electron chi connectivity index (χ1n) is 19.6. The molecule has 4 amide bonds. The van der Waals surface area contributed by atoms with E-state index in [1.807, 2.05) is 67.0 Å². The first kappa shape index (κ1) is 39.1. The number of nitrogens with one attached hydrogen (secondary N) is 1. The minimum Gasteiger partial charge on any atom is -0.465 e. The summed E-state index contributed by atoms with van der Waals surface area (Å²) in [4.78, 5) is 71.7. The van der Waals surface area contributed by atoms with E-state index in [9.17, 15) is 24.0 Å². The molecular weight excluding hydrogens is 690 g/mol. The molecule has 2 aromatic rings. The van der Waals surface area contributed by atoms with Crippen LogP contribution in [0.25, 0.3) is 0 Å². The van der Waals surface area contributed by atoms with Crippen molar-refractivity contribution in [2.24, 2.45) is 11.8 Å². The molecule has 2 aromatic carbocycles. The summed E-state index contributed by atoms with van der Waals surface area (Å²) in [5.41, 5.74) is 4.28. The Balaban J connectivity index is 1.07. The number of anilines is 1. The van der Waals surface area contributed by atoms with Gasteiger partial charge in [-0.15, -0.1) is 0 Å². The largest absolute Gasteiger partial charge is 0.465 e. The Hall–Kier alpha value is -4.65. The van der Waals surface area contributed by atoms with E-state index in [-0.39, 0.29) is 30.4 Å². The summed E-state index contributed by atoms with van der Waals surface area (Å²) in [6.07, 6.45) is 4.44. The monoisotopic (exact) mass is 745 g/mol. The Morgan fingerprint density at radius 3 is 2.15 bits per heavy atom. The van der Waals surface area contributed by atoms with Gasteiger partial charge < -0.3 is 34.2 Å². The van der Waals surface area contributed by atoms with E-state index in [1.54, 1.807) is 4.90 Å². The Morgan fingerprint density at radius 2 is 1.50 bits per heavy atom. The third kappa shape index (κ3) is 9.52. The summed E-state index contributed by atoms with van der Waals surface area (Å²) < 4.78 is 16.4. The van der Waals surface area contributed by atoms with Crippen LogP contribution in [-0.4, -0.2) is 121 Å². The zero-order chi connectivity index (χ0) is 38.2. The number of likely N-dealkylation sites (tertiary alicyclic amines) is 3. The van der Waals surface area contributed by atoms with Gasteiger partial charge in [0.15, 0.2) is 6.10 Å². The Labute approximate surface area is 318 Å². The number of esters is 1. The molecule has 0 aromatic heterocycles. The fourth-order valence-electron chi connectivity index (χ4n) is 8.85. The number of carbonyl (C=O) groups is 5. The van der Waals surface area contributed by atoms with Crippen LogP contribution in [0.3, 0.4) is 0 Å². The second kappa shape index (κ2) is 18.1. The highest BCUT2D eigenvalue weighted by Crippen LogP contribution is 2.33. The molecule has 13 nitrogen and oxygen atoms in total. The fourth-order valence-corrected chi connectivity index (χ4v) is 8.85. The van der Waals surface area contributed by atoms with Crippen LogP contribution in [0.15, 0.2) is 36.4 Å². The summed E-state index contributed by atoms with van der Waals surface area (Å²) in [6, 6.07) is 11.5. The molecule has 4 aliphatic heterocycles. The summed E-state index contributed by atoms with van der Waals surface area (Å²) >= 11 is 0. The Kier molecular flexibility index (Phi) is 13.1. The number of urea groups is 1. The molecular formula is C41H55N5O8. The third-order valence-corrected chi connectivity index (χ3v) is 11.7. The third-order valence-electron chi connectivity index (χ3n) is 11.7. The number of rotatable bonds is 11. The van der Waals surface area contributed by atoms with Gasteiger partial charge in [-0.1, -0.05) is 30.3 Å². The van der Waals surface area contributed by atoms with Gasteiger partial charge in [-0.2, -0.15) is 0 Å². The molecule has 13 heteroatoms. The maximum Gasteiger partial charge on any atom is 0.410 e.